The number of aliphatic hydroxyl groups excluding tert-OH is 1. The van der Waals surface area contributed by atoms with Gasteiger partial charge in [-0.1, -0.05) is 5.16 Å². The van der Waals surface area contributed by atoms with Gasteiger partial charge in [-0.25, -0.2) is 0 Å². The SMILES string of the molecule is NC(CC1(CN2CCC(CO)CC2)CC1)=NO. The fraction of sp³-hybridized carbons (Fsp3) is 0.917. The van der Waals surface area contributed by atoms with Crippen LogP contribution in [0.2, 0.25) is 0 Å². The van der Waals surface area contributed by atoms with Crippen molar-refractivity contribution in [1.29, 1.82) is 0 Å². The van der Waals surface area contributed by atoms with E-state index in [1.54, 1.807) is 0 Å². The molecule has 0 radical (unpaired) electrons. The average molecular weight is 241 g/mol. The van der Waals surface area contributed by atoms with E-state index in [1.807, 2.05) is 0 Å². The molecule has 1 saturated heterocycles. The first-order valence-corrected chi connectivity index (χ1v) is 6.47. The number of hydrogen-bond donors (Lipinski definition) is 3. The van der Waals surface area contributed by atoms with Gasteiger partial charge in [0.15, 0.2) is 0 Å². The molecule has 0 atom stereocenters. The van der Waals surface area contributed by atoms with Gasteiger partial charge in [0.2, 0.25) is 0 Å². The summed E-state index contributed by atoms with van der Waals surface area (Å²) in [5, 5.41) is 20.8. The molecule has 2 aliphatic rings. The van der Waals surface area contributed by atoms with Crippen LogP contribution in [0.1, 0.15) is 32.1 Å². The average Bonchev–Trinajstić information content (AvgIpc) is 3.09. The van der Waals surface area contributed by atoms with E-state index < -0.39 is 0 Å². The molecule has 98 valence electrons. The predicted octanol–water partition coefficient (Wildman–Crippen LogP) is 0.607. The van der Waals surface area contributed by atoms with Crippen molar-refractivity contribution in [3.8, 4) is 0 Å². The Bertz CT molecular complexity index is 281. The standard InChI is InChI=1S/C12H23N3O2/c13-11(14-17)7-12(3-4-12)9-15-5-1-10(8-16)2-6-15/h10,16-17H,1-9H2,(H2,13,14). The van der Waals surface area contributed by atoms with Crippen LogP contribution in [0.4, 0.5) is 0 Å². The smallest absolute Gasteiger partial charge is 0.139 e. The van der Waals surface area contributed by atoms with Gasteiger partial charge >= 0.3 is 0 Å². The van der Waals surface area contributed by atoms with Crippen LogP contribution in [0.3, 0.4) is 0 Å². The lowest BCUT2D eigenvalue weighted by Gasteiger charge is -2.33. The third-order valence-corrected chi connectivity index (χ3v) is 4.17. The molecule has 2 rings (SSSR count). The summed E-state index contributed by atoms with van der Waals surface area (Å²) in [4.78, 5) is 2.46. The number of piperidine rings is 1. The monoisotopic (exact) mass is 241 g/mol. The summed E-state index contributed by atoms with van der Waals surface area (Å²) in [6, 6.07) is 0. The number of hydrogen-bond acceptors (Lipinski definition) is 4. The molecule has 5 heteroatoms. The number of likely N-dealkylation sites (tertiary alicyclic amines) is 1. The number of amidine groups is 1. The van der Waals surface area contributed by atoms with E-state index in [4.69, 9.17) is 16.0 Å². The second kappa shape index (κ2) is 5.23. The predicted molar refractivity (Wildman–Crippen MR) is 65.9 cm³/mol. The van der Waals surface area contributed by atoms with E-state index in [0.717, 1.165) is 32.5 Å². The van der Waals surface area contributed by atoms with Crippen LogP contribution >= 0.6 is 0 Å². The Morgan fingerprint density at radius 2 is 2.00 bits per heavy atom. The highest BCUT2D eigenvalue weighted by molar-refractivity contribution is 5.80. The Morgan fingerprint density at radius 3 is 2.47 bits per heavy atom. The molecule has 0 aromatic heterocycles. The fourth-order valence-corrected chi connectivity index (χ4v) is 2.79. The first kappa shape index (κ1) is 12.6. The van der Waals surface area contributed by atoms with Crippen LogP contribution in [0, 0.1) is 11.3 Å². The molecule has 0 aromatic carbocycles. The summed E-state index contributed by atoms with van der Waals surface area (Å²) in [5.74, 6) is 0.846. The zero-order chi connectivity index (χ0) is 12.3. The van der Waals surface area contributed by atoms with Crippen molar-refractivity contribution in [3.63, 3.8) is 0 Å². The zero-order valence-electron chi connectivity index (χ0n) is 10.3. The molecular weight excluding hydrogens is 218 g/mol. The minimum atomic E-state index is 0.266. The molecule has 1 aliphatic carbocycles. The van der Waals surface area contributed by atoms with E-state index in [2.05, 4.69) is 10.1 Å². The summed E-state index contributed by atoms with van der Waals surface area (Å²) in [6.07, 6.45) is 5.27. The summed E-state index contributed by atoms with van der Waals surface area (Å²) in [6.45, 7) is 3.52. The molecule has 4 N–H and O–H groups in total. The normalized spacial score (nSPS) is 26.1. The van der Waals surface area contributed by atoms with E-state index >= 15 is 0 Å². The highest BCUT2D eigenvalue weighted by Gasteiger charge is 2.44. The number of nitrogens with two attached hydrogens (primary N) is 1. The van der Waals surface area contributed by atoms with Gasteiger partial charge in [-0.05, 0) is 50.1 Å². The maximum atomic E-state index is 9.09. The topological polar surface area (TPSA) is 82.1 Å². The van der Waals surface area contributed by atoms with Crippen molar-refractivity contribution < 1.29 is 10.3 Å². The summed E-state index contributed by atoms with van der Waals surface area (Å²) in [5.41, 5.74) is 5.86. The van der Waals surface area contributed by atoms with Gasteiger partial charge in [-0.15, -0.1) is 0 Å². The van der Waals surface area contributed by atoms with Crippen molar-refractivity contribution >= 4 is 5.84 Å². The van der Waals surface area contributed by atoms with Gasteiger partial charge in [0.1, 0.15) is 5.84 Å². The summed E-state index contributed by atoms with van der Waals surface area (Å²) >= 11 is 0. The van der Waals surface area contributed by atoms with Gasteiger partial charge in [0.25, 0.3) is 0 Å². The van der Waals surface area contributed by atoms with Crippen molar-refractivity contribution in [1.82, 2.24) is 4.90 Å². The first-order valence-electron chi connectivity index (χ1n) is 6.47. The molecular formula is C12H23N3O2. The van der Waals surface area contributed by atoms with E-state index in [-0.39, 0.29) is 5.41 Å². The molecule has 5 nitrogen and oxygen atoms in total. The lowest BCUT2D eigenvalue weighted by atomic mass is 9.95. The molecule has 1 aliphatic heterocycles. The zero-order valence-corrected chi connectivity index (χ0v) is 10.3. The highest BCUT2D eigenvalue weighted by Crippen LogP contribution is 2.49. The molecule has 0 spiro atoms. The Hall–Kier alpha value is -0.810. The van der Waals surface area contributed by atoms with Crippen molar-refractivity contribution in [2.24, 2.45) is 22.2 Å². The Morgan fingerprint density at radius 1 is 1.35 bits per heavy atom. The van der Waals surface area contributed by atoms with Crippen LogP contribution in [-0.4, -0.2) is 47.3 Å². The second-order valence-electron chi connectivity index (χ2n) is 5.67. The van der Waals surface area contributed by atoms with Crippen LogP contribution in [-0.2, 0) is 0 Å². The molecule has 17 heavy (non-hydrogen) atoms. The fourth-order valence-electron chi connectivity index (χ4n) is 2.79. The molecule has 1 heterocycles. The lowest BCUT2D eigenvalue weighted by molar-refractivity contribution is 0.116. The van der Waals surface area contributed by atoms with Crippen LogP contribution in [0.5, 0.6) is 0 Å². The first-order chi connectivity index (χ1) is 8.17. The maximum absolute atomic E-state index is 9.09. The quantitative estimate of drug-likeness (QED) is 0.285. The van der Waals surface area contributed by atoms with Gasteiger partial charge in [0.05, 0.1) is 0 Å². The molecule has 0 unspecified atom stereocenters. The summed E-state index contributed by atoms with van der Waals surface area (Å²) in [7, 11) is 0. The minimum Gasteiger partial charge on any atom is -0.409 e. The molecule has 2 fully saturated rings. The van der Waals surface area contributed by atoms with E-state index in [0.29, 0.717) is 24.8 Å². The highest BCUT2D eigenvalue weighted by atomic mass is 16.4. The van der Waals surface area contributed by atoms with E-state index in [9.17, 15) is 0 Å². The Balaban J connectivity index is 1.78. The third-order valence-electron chi connectivity index (χ3n) is 4.17. The molecule has 0 bridgehead atoms. The van der Waals surface area contributed by atoms with Crippen molar-refractivity contribution in [2.45, 2.75) is 32.1 Å². The minimum absolute atomic E-state index is 0.266. The number of oxime groups is 1. The number of nitrogens with zero attached hydrogens (tertiary/aromatic N) is 2. The molecule has 0 aromatic rings. The van der Waals surface area contributed by atoms with Gasteiger partial charge in [-0.2, -0.15) is 0 Å². The second-order valence-corrected chi connectivity index (χ2v) is 5.67. The summed E-state index contributed by atoms with van der Waals surface area (Å²) < 4.78 is 0. The van der Waals surface area contributed by atoms with E-state index in [1.165, 1.54) is 12.8 Å². The van der Waals surface area contributed by atoms with Gasteiger partial charge < -0.3 is 20.9 Å². The Labute approximate surface area is 102 Å². The van der Waals surface area contributed by atoms with Crippen LogP contribution < -0.4 is 5.73 Å². The third kappa shape index (κ3) is 3.33. The number of rotatable bonds is 5. The van der Waals surface area contributed by atoms with Gasteiger partial charge in [0, 0.05) is 19.6 Å². The van der Waals surface area contributed by atoms with Crippen molar-refractivity contribution in [3.05, 3.63) is 0 Å². The van der Waals surface area contributed by atoms with Gasteiger partial charge in [-0.3, -0.25) is 0 Å². The maximum Gasteiger partial charge on any atom is 0.139 e. The van der Waals surface area contributed by atoms with Crippen LogP contribution in [0.15, 0.2) is 5.16 Å². The molecule has 1 saturated carbocycles. The number of aliphatic hydroxyl groups is 1. The molecule has 0 amide bonds. The largest absolute Gasteiger partial charge is 0.409 e. The van der Waals surface area contributed by atoms with Crippen molar-refractivity contribution in [2.75, 3.05) is 26.2 Å². The lowest BCUT2D eigenvalue weighted by Crippen LogP contribution is -2.39. The Kier molecular flexibility index (Phi) is 3.89. The van der Waals surface area contributed by atoms with Crippen LogP contribution in [0.25, 0.3) is 0 Å².